The molecule has 1 heterocycles. The predicted octanol–water partition coefficient (Wildman–Crippen LogP) is 3.91. The molecule has 0 radical (unpaired) electrons. The highest BCUT2D eigenvalue weighted by atomic mass is 16.7. The van der Waals surface area contributed by atoms with Gasteiger partial charge < -0.3 is 24.9 Å². The van der Waals surface area contributed by atoms with Gasteiger partial charge in [0.1, 0.15) is 11.6 Å². The highest BCUT2D eigenvalue weighted by Gasteiger charge is 2.49. The fourth-order valence-electron chi connectivity index (χ4n) is 4.85. The summed E-state index contributed by atoms with van der Waals surface area (Å²) in [6, 6.07) is 17.3. The minimum absolute atomic E-state index is 0.0476. The van der Waals surface area contributed by atoms with Gasteiger partial charge in [0.05, 0.1) is 25.3 Å². The zero-order valence-corrected chi connectivity index (χ0v) is 25.8. The number of carbonyl (C=O) groups is 4. The molecule has 10 nitrogen and oxygen atoms in total. The van der Waals surface area contributed by atoms with Gasteiger partial charge in [-0.15, -0.1) is 0 Å². The van der Waals surface area contributed by atoms with Gasteiger partial charge in [-0.2, -0.15) is 0 Å². The van der Waals surface area contributed by atoms with Gasteiger partial charge in [-0.3, -0.25) is 14.4 Å². The van der Waals surface area contributed by atoms with Crippen LogP contribution in [0, 0.1) is 5.92 Å². The van der Waals surface area contributed by atoms with E-state index >= 15 is 0 Å². The second-order valence-corrected chi connectivity index (χ2v) is 12.1. The maximum Gasteiger partial charge on any atom is 0.328 e. The third-order valence-electron chi connectivity index (χ3n) is 6.96. The summed E-state index contributed by atoms with van der Waals surface area (Å²) in [5.74, 6) is -2.28. The van der Waals surface area contributed by atoms with Gasteiger partial charge in [-0.25, -0.2) is 4.79 Å². The first-order chi connectivity index (χ1) is 20.3. The monoisotopic (exact) mass is 593 g/mol. The van der Waals surface area contributed by atoms with Crippen LogP contribution in [0.3, 0.4) is 0 Å². The Morgan fingerprint density at radius 3 is 2.12 bits per heavy atom. The lowest BCUT2D eigenvalue weighted by Gasteiger charge is -2.29. The molecule has 0 bridgehead atoms. The second-order valence-electron chi connectivity index (χ2n) is 12.1. The van der Waals surface area contributed by atoms with E-state index in [4.69, 9.17) is 14.3 Å². The topological polar surface area (TPSA) is 132 Å². The Morgan fingerprint density at radius 2 is 1.56 bits per heavy atom. The van der Waals surface area contributed by atoms with E-state index in [2.05, 4.69) is 15.8 Å². The number of rotatable bonds is 13. The summed E-state index contributed by atoms with van der Waals surface area (Å²) < 4.78 is 10.2. The zero-order valence-electron chi connectivity index (χ0n) is 25.8. The Labute approximate surface area is 253 Å². The maximum atomic E-state index is 13.9. The summed E-state index contributed by atoms with van der Waals surface area (Å²) in [5.41, 5.74) is 0.0780. The molecule has 0 aliphatic carbocycles. The number of oxime groups is 1. The Kier molecular flexibility index (Phi) is 11.5. The molecule has 1 aliphatic rings. The smallest absolute Gasteiger partial charge is 0.328 e. The van der Waals surface area contributed by atoms with E-state index in [9.17, 15) is 19.2 Å². The van der Waals surface area contributed by atoms with Gasteiger partial charge >= 0.3 is 11.9 Å². The predicted molar refractivity (Wildman–Crippen MR) is 162 cm³/mol. The van der Waals surface area contributed by atoms with E-state index in [0.29, 0.717) is 18.6 Å². The highest BCUT2D eigenvalue weighted by Crippen LogP contribution is 2.31. The summed E-state index contributed by atoms with van der Waals surface area (Å²) >= 11 is 0. The van der Waals surface area contributed by atoms with Crippen LogP contribution >= 0.6 is 0 Å². The van der Waals surface area contributed by atoms with E-state index in [1.54, 1.807) is 20.8 Å². The van der Waals surface area contributed by atoms with Gasteiger partial charge in [0.15, 0.2) is 0 Å². The molecule has 232 valence electrons. The van der Waals surface area contributed by atoms with Crippen molar-refractivity contribution in [3.63, 3.8) is 0 Å². The average Bonchev–Trinajstić information content (AvgIpc) is 3.38. The molecule has 1 unspecified atom stereocenters. The fraction of sp³-hybridized carbons (Fsp3) is 0.485. The second kappa shape index (κ2) is 14.8. The van der Waals surface area contributed by atoms with Gasteiger partial charge in [-0.05, 0) is 44.2 Å². The third kappa shape index (κ3) is 9.94. The number of benzene rings is 2. The molecule has 0 aromatic heterocycles. The van der Waals surface area contributed by atoms with E-state index in [-0.39, 0.29) is 24.7 Å². The number of methoxy groups -OCH3 is 1. The summed E-state index contributed by atoms with van der Waals surface area (Å²) in [5, 5.41) is 10.0. The van der Waals surface area contributed by atoms with Crippen molar-refractivity contribution in [1.82, 2.24) is 10.6 Å². The van der Waals surface area contributed by atoms with Crippen LogP contribution in [0.4, 0.5) is 0 Å². The van der Waals surface area contributed by atoms with Gasteiger partial charge in [-0.1, -0.05) is 79.7 Å². The van der Waals surface area contributed by atoms with Crippen LogP contribution in [0.2, 0.25) is 0 Å². The first kappa shape index (κ1) is 33.3. The number of nitrogens with zero attached hydrogens (tertiary/aromatic N) is 1. The molecule has 0 fully saturated rings. The molecule has 0 spiro atoms. The molecule has 2 N–H and O–H groups in total. The zero-order chi connectivity index (χ0) is 31.6. The Hall–Kier alpha value is -4.21. The van der Waals surface area contributed by atoms with Crippen molar-refractivity contribution < 1.29 is 33.5 Å². The number of aryl methyl sites for hydroxylation is 1. The van der Waals surface area contributed by atoms with E-state index in [1.165, 1.54) is 7.11 Å². The van der Waals surface area contributed by atoms with Gasteiger partial charge in [0.25, 0.3) is 5.91 Å². The Morgan fingerprint density at radius 1 is 0.953 bits per heavy atom. The standard InChI is InChI=1S/C33H43N3O7/c1-22(2)29(35-27(37)18-17-23-13-9-7-10-14-23)26-21-33(43-36-26,20-24-15-11-8-12-16-24)31(40)34-25(30(39)41-6)19-28(38)42-32(3,4)5/h7-16,22,25,29H,17-21H2,1-6H3,(H,34,40)(H,35,37)/t25-,29-,33?/m0/s1. The fourth-order valence-corrected chi connectivity index (χ4v) is 4.85. The number of ether oxygens (including phenoxy) is 2. The van der Waals surface area contributed by atoms with Crippen LogP contribution in [-0.4, -0.2) is 59.9 Å². The molecule has 2 aromatic carbocycles. The van der Waals surface area contributed by atoms with Gasteiger partial charge in [0.2, 0.25) is 11.5 Å². The first-order valence-corrected chi connectivity index (χ1v) is 14.5. The van der Waals surface area contributed by atoms with Crippen molar-refractivity contribution in [3.8, 4) is 0 Å². The van der Waals surface area contributed by atoms with Crippen LogP contribution in [0.5, 0.6) is 0 Å². The van der Waals surface area contributed by atoms with Gasteiger partial charge in [0, 0.05) is 19.3 Å². The lowest BCUT2D eigenvalue weighted by atomic mass is 9.84. The van der Waals surface area contributed by atoms with Crippen molar-refractivity contribution in [2.45, 2.75) is 90.0 Å². The largest absolute Gasteiger partial charge is 0.467 e. The lowest BCUT2D eigenvalue weighted by Crippen LogP contribution is -2.55. The van der Waals surface area contributed by atoms with Crippen LogP contribution in [0.1, 0.15) is 65.0 Å². The number of amides is 2. The highest BCUT2D eigenvalue weighted by molar-refractivity contribution is 6.01. The molecule has 1 aliphatic heterocycles. The van der Waals surface area contributed by atoms with Crippen molar-refractivity contribution >= 4 is 29.5 Å². The summed E-state index contributed by atoms with van der Waals surface area (Å²) in [7, 11) is 1.18. The number of hydrogen-bond donors (Lipinski definition) is 2. The first-order valence-electron chi connectivity index (χ1n) is 14.5. The summed E-state index contributed by atoms with van der Waals surface area (Å²) in [6.45, 7) is 9.04. The molecule has 2 amide bonds. The van der Waals surface area contributed by atoms with Crippen LogP contribution in [-0.2, 0) is 46.3 Å². The molecule has 10 heteroatoms. The van der Waals surface area contributed by atoms with Crippen molar-refractivity contribution in [2.75, 3.05) is 7.11 Å². The van der Waals surface area contributed by atoms with E-state index in [1.807, 2.05) is 74.5 Å². The minimum Gasteiger partial charge on any atom is -0.467 e. The number of nitrogens with one attached hydrogen (secondary N) is 2. The lowest BCUT2D eigenvalue weighted by molar-refractivity contribution is -0.160. The molecule has 2 aromatic rings. The molecular weight excluding hydrogens is 550 g/mol. The number of hydrogen-bond acceptors (Lipinski definition) is 8. The minimum atomic E-state index is -1.53. The van der Waals surface area contributed by atoms with Crippen LogP contribution in [0.25, 0.3) is 0 Å². The number of carbonyl (C=O) groups excluding carboxylic acids is 4. The molecule has 3 atom stereocenters. The SMILES string of the molecule is COC(=O)[C@H](CC(=O)OC(C)(C)C)NC(=O)C1(Cc2ccccc2)CC([C@@H](NC(=O)CCc2ccccc2)C(C)C)=NO1. The summed E-state index contributed by atoms with van der Waals surface area (Å²) in [4.78, 5) is 58.0. The third-order valence-corrected chi connectivity index (χ3v) is 6.96. The average molecular weight is 594 g/mol. The molecular formula is C33H43N3O7. The molecule has 0 saturated heterocycles. The van der Waals surface area contributed by atoms with E-state index < -0.39 is 47.6 Å². The molecule has 3 rings (SSSR count). The number of esters is 2. The molecule has 0 saturated carbocycles. The van der Waals surface area contributed by atoms with Crippen molar-refractivity contribution in [3.05, 3.63) is 71.8 Å². The summed E-state index contributed by atoms with van der Waals surface area (Å²) in [6.07, 6.45) is 0.669. The Bertz CT molecular complexity index is 1290. The Balaban J connectivity index is 1.80. The van der Waals surface area contributed by atoms with Crippen molar-refractivity contribution in [2.24, 2.45) is 11.1 Å². The van der Waals surface area contributed by atoms with Crippen LogP contribution in [0.15, 0.2) is 65.8 Å². The van der Waals surface area contributed by atoms with Crippen molar-refractivity contribution in [1.29, 1.82) is 0 Å². The maximum absolute atomic E-state index is 13.9. The molecule has 43 heavy (non-hydrogen) atoms. The van der Waals surface area contributed by atoms with Crippen LogP contribution < -0.4 is 10.6 Å². The normalized spacial score (nSPS) is 17.7. The van der Waals surface area contributed by atoms with E-state index in [0.717, 1.165) is 11.1 Å². The quantitative estimate of drug-likeness (QED) is 0.337.